The van der Waals surface area contributed by atoms with E-state index in [2.05, 4.69) is 25.7 Å². The minimum atomic E-state index is -0.0367. The number of rotatable bonds is 2. The normalized spacial score (nSPS) is 20.3. The largest absolute Gasteiger partial charge is 0.469 e. The average molecular weight is 213 g/mol. The number of carbonyl (C=O) groups is 1. The Balaban J connectivity index is 2.33. The van der Waals surface area contributed by atoms with E-state index < -0.39 is 0 Å². The van der Waals surface area contributed by atoms with Crippen LogP contribution in [0.15, 0.2) is 0 Å². The molecule has 1 saturated heterocycles. The van der Waals surface area contributed by atoms with Crippen molar-refractivity contribution in [3.63, 3.8) is 0 Å². The van der Waals surface area contributed by atoms with Crippen molar-refractivity contribution >= 4 is 5.97 Å². The van der Waals surface area contributed by atoms with E-state index in [1.54, 1.807) is 0 Å². The Kier molecular flexibility index (Phi) is 4.14. The summed E-state index contributed by atoms with van der Waals surface area (Å²) in [5, 5.41) is 0. The number of ether oxygens (including phenoxy) is 1. The molecule has 1 heterocycles. The van der Waals surface area contributed by atoms with Gasteiger partial charge in [0, 0.05) is 6.54 Å². The number of hydrogen-bond donors (Lipinski definition) is 0. The molecule has 1 fully saturated rings. The summed E-state index contributed by atoms with van der Waals surface area (Å²) >= 11 is 0. The Bertz CT molecular complexity index is 212. The van der Waals surface area contributed by atoms with Gasteiger partial charge in [-0.2, -0.15) is 0 Å². The second-order valence-corrected chi connectivity index (χ2v) is 5.63. The van der Waals surface area contributed by atoms with E-state index >= 15 is 0 Å². The Morgan fingerprint density at radius 2 is 1.87 bits per heavy atom. The zero-order valence-electron chi connectivity index (χ0n) is 10.4. The van der Waals surface area contributed by atoms with Gasteiger partial charge in [-0.15, -0.1) is 0 Å². The molecule has 3 heteroatoms. The highest BCUT2D eigenvalue weighted by Gasteiger charge is 2.27. The van der Waals surface area contributed by atoms with Crippen LogP contribution >= 0.6 is 0 Å². The van der Waals surface area contributed by atoms with Crippen LogP contribution in [0, 0.1) is 11.3 Å². The maximum Gasteiger partial charge on any atom is 0.308 e. The van der Waals surface area contributed by atoms with Crippen LogP contribution in [0.5, 0.6) is 0 Å². The Morgan fingerprint density at radius 3 is 2.27 bits per heavy atom. The fourth-order valence-electron chi connectivity index (χ4n) is 2.16. The summed E-state index contributed by atoms with van der Waals surface area (Å²) in [5.74, 6) is 0.0941. The van der Waals surface area contributed by atoms with E-state index in [0.29, 0.717) is 5.41 Å². The Morgan fingerprint density at radius 1 is 1.33 bits per heavy atom. The van der Waals surface area contributed by atoms with Gasteiger partial charge in [0.15, 0.2) is 0 Å². The fraction of sp³-hybridized carbons (Fsp3) is 0.917. The van der Waals surface area contributed by atoms with E-state index in [1.165, 1.54) is 7.11 Å². The van der Waals surface area contributed by atoms with Crippen LogP contribution in [-0.4, -0.2) is 37.6 Å². The molecule has 1 rings (SSSR count). The van der Waals surface area contributed by atoms with Crippen molar-refractivity contribution in [2.45, 2.75) is 33.6 Å². The van der Waals surface area contributed by atoms with Gasteiger partial charge in [0.1, 0.15) is 0 Å². The highest BCUT2D eigenvalue weighted by atomic mass is 16.5. The molecule has 15 heavy (non-hydrogen) atoms. The topological polar surface area (TPSA) is 29.5 Å². The maximum atomic E-state index is 11.3. The lowest BCUT2D eigenvalue weighted by molar-refractivity contribution is -0.147. The van der Waals surface area contributed by atoms with Gasteiger partial charge < -0.3 is 9.64 Å². The van der Waals surface area contributed by atoms with Gasteiger partial charge in [-0.25, -0.2) is 0 Å². The third-order valence-corrected chi connectivity index (χ3v) is 2.82. The minimum absolute atomic E-state index is 0.0367. The lowest BCUT2D eigenvalue weighted by atomic mass is 9.92. The van der Waals surface area contributed by atoms with Gasteiger partial charge in [0.05, 0.1) is 13.0 Å². The van der Waals surface area contributed by atoms with Crippen molar-refractivity contribution in [3.8, 4) is 0 Å². The zero-order valence-corrected chi connectivity index (χ0v) is 10.4. The molecular weight excluding hydrogens is 190 g/mol. The molecule has 0 aliphatic carbocycles. The molecule has 0 atom stereocenters. The van der Waals surface area contributed by atoms with Crippen LogP contribution in [0.3, 0.4) is 0 Å². The fourth-order valence-corrected chi connectivity index (χ4v) is 2.16. The summed E-state index contributed by atoms with van der Waals surface area (Å²) in [6.07, 6.45) is 1.89. The van der Waals surface area contributed by atoms with Crippen LogP contribution in [0.4, 0.5) is 0 Å². The summed E-state index contributed by atoms with van der Waals surface area (Å²) in [5.41, 5.74) is 0.345. The van der Waals surface area contributed by atoms with Crippen molar-refractivity contribution in [3.05, 3.63) is 0 Å². The Labute approximate surface area is 92.8 Å². The van der Waals surface area contributed by atoms with Gasteiger partial charge in [0.25, 0.3) is 0 Å². The van der Waals surface area contributed by atoms with Crippen LogP contribution in [0.1, 0.15) is 33.6 Å². The number of methoxy groups -OCH3 is 1. The molecule has 0 aromatic carbocycles. The SMILES string of the molecule is COC(=O)C1CCN(CC(C)(C)C)CC1. The first-order valence-corrected chi connectivity index (χ1v) is 5.72. The molecule has 88 valence electrons. The molecule has 0 radical (unpaired) electrons. The van der Waals surface area contributed by atoms with E-state index in [-0.39, 0.29) is 11.9 Å². The average Bonchev–Trinajstić information content (AvgIpc) is 2.15. The van der Waals surface area contributed by atoms with E-state index in [1.807, 2.05) is 0 Å². The van der Waals surface area contributed by atoms with E-state index in [0.717, 1.165) is 32.5 Å². The van der Waals surface area contributed by atoms with Gasteiger partial charge in [-0.3, -0.25) is 4.79 Å². The first-order valence-electron chi connectivity index (χ1n) is 5.72. The predicted molar refractivity (Wildman–Crippen MR) is 60.6 cm³/mol. The van der Waals surface area contributed by atoms with Gasteiger partial charge in [-0.05, 0) is 31.3 Å². The molecule has 0 unspecified atom stereocenters. The molecule has 1 aliphatic heterocycles. The first-order chi connectivity index (χ1) is 6.92. The van der Waals surface area contributed by atoms with Crippen LogP contribution < -0.4 is 0 Å². The lowest BCUT2D eigenvalue weighted by Gasteiger charge is -2.34. The van der Waals surface area contributed by atoms with Crippen LogP contribution in [0.2, 0.25) is 0 Å². The molecule has 3 nitrogen and oxygen atoms in total. The second kappa shape index (κ2) is 4.97. The summed E-state index contributed by atoms with van der Waals surface area (Å²) in [4.78, 5) is 13.8. The Hall–Kier alpha value is -0.570. The van der Waals surface area contributed by atoms with Crippen molar-refractivity contribution in [1.29, 1.82) is 0 Å². The molecular formula is C12H23NO2. The summed E-state index contributed by atoms with van der Waals surface area (Å²) < 4.78 is 4.77. The van der Waals surface area contributed by atoms with Crippen molar-refractivity contribution in [1.82, 2.24) is 4.90 Å². The van der Waals surface area contributed by atoms with Crippen LogP contribution in [-0.2, 0) is 9.53 Å². The molecule has 1 aliphatic rings. The number of hydrogen-bond acceptors (Lipinski definition) is 3. The number of piperidine rings is 1. The number of esters is 1. The molecule has 0 bridgehead atoms. The third-order valence-electron chi connectivity index (χ3n) is 2.82. The molecule has 0 amide bonds. The monoisotopic (exact) mass is 213 g/mol. The molecule has 0 aromatic rings. The highest BCUT2D eigenvalue weighted by molar-refractivity contribution is 5.72. The number of likely N-dealkylation sites (tertiary alicyclic amines) is 1. The number of nitrogens with zero attached hydrogens (tertiary/aromatic N) is 1. The van der Waals surface area contributed by atoms with Crippen LogP contribution in [0.25, 0.3) is 0 Å². The summed E-state index contributed by atoms with van der Waals surface area (Å²) in [6, 6.07) is 0. The summed E-state index contributed by atoms with van der Waals surface area (Å²) in [7, 11) is 1.48. The summed E-state index contributed by atoms with van der Waals surface area (Å²) in [6.45, 7) is 9.91. The quantitative estimate of drug-likeness (QED) is 0.656. The highest BCUT2D eigenvalue weighted by Crippen LogP contribution is 2.22. The molecule has 0 N–H and O–H groups in total. The molecule has 0 saturated carbocycles. The number of carbonyl (C=O) groups excluding carboxylic acids is 1. The minimum Gasteiger partial charge on any atom is -0.469 e. The van der Waals surface area contributed by atoms with Gasteiger partial charge in [0.2, 0.25) is 0 Å². The third kappa shape index (κ3) is 4.20. The first kappa shape index (κ1) is 12.5. The smallest absolute Gasteiger partial charge is 0.308 e. The van der Waals surface area contributed by atoms with E-state index in [9.17, 15) is 4.79 Å². The zero-order chi connectivity index (χ0) is 11.5. The molecule has 0 aromatic heterocycles. The standard InChI is InChI=1S/C12H23NO2/c1-12(2,3)9-13-7-5-10(6-8-13)11(14)15-4/h10H,5-9H2,1-4H3. The van der Waals surface area contributed by atoms with Gasteiger partial charge >= 0.3 is 5.97 Å². The van der Waals surface area contributed by atoms with Crippen molar-refractivity contribution < 1.29 is 9.53 Å². The second-order valence-electron chi connectivity index (χ2n) is 5.63. The van der Waals surface area contributed by atoms with Crippen molar-refractivity contribution in [2.75, 3.05) is 26.7 Å². The molecule has 0 spiro atoms. The lowest BCUT2D eigenvalue weighted by Crippen LogP contribution is -2.40. The maximum absolute atomic E-state index is 11.3. The predicted octanol–water partition coefficient (Wildman–Crippen LogP) is 1.92. The van der Waals surface area contributed by atoms with Gasteiger partial charge in [-0.1, -0.05) is 20.8 Å². The van der Waals surface area contributed by atoms with E-state index in [4.69, 9.17) is 4.74 Å². The van der Waals surface area contributed by atoms with Crippen molar-refractivity contribution in [2.24, 2.45) is 11.3 Å².